The highest BCUT2D eigenvalue weighted by Crippen LogP contribution is 2.36. The summed E-state index contributed by atoms with van der Waals surface area (Å²) < 4.78 is 5.68. The monoisotopic (exact) mass is 222 g/mol. The van der Waals surface area contributed by atoms with Crippen molar-refractivity contribution in [3.63, 3.8) is 0 Å². The smallest absolute Gasteiger partial charge is 0.135 e. The van der Waals surface area contributed by atoms with E-state index in [1.807, 2.05) is 6.08 Å². The van der Waals surface area contributed by atoms with Gasteiger partial charge in [0.15, 0.2) is 0 Å². The van der Waals surface area contributed by atoms with Crippen molar-refractivity contribution in [1.29, 1.82) is 0 Å². The molecule has 0 bridgehead atoms. The van der Waals surface area contributed by atoms with Crippen LogP contribution in [0, 0.1) is 6.92 Å². The Hall–Kier alpha value is -2.02. The van der Waals surface area contributed by atoms with Gasteiger partial charge in [-0.15, -0.1) is 0 Å². The first kappa shape index (κ1) is 10.2. The molecule has 3 rings (SSSR count). The second-order valence-corrected chi connectivity index (χ2v) is 4.59. The minimum atomic E-state index is 0.710. The number of hydrogen-bond donors (Lipinski definition) is 0. The molecule has 0 amide bonds. The molecule has 0 aromatic heterocycles. The van der Waals surface area contributed by atoms with Gasteiger partial charge in [-0.2, -0.15) is 0 Å². The number of benzene rings is 2. The van der Waals surface area contributed by atoms with Crippen LogP contribution >= 0.6 is 0 Å². The lowest BCUT2D eigenvalue weighted by Crippen LogP contribution is -2.00. The van der Waals surface area contributed by atoms with Crippen molar-refractivity contribution in [2.75, 3.05) is 0 Å². The van der Waals surface area contributed by atoms with Crippen LogP contribution in [-0.2, 0) is 0 Å². The standard InChI is InChI=1S/C16H14O/c1-10-4-5-13-8-15-11(2)7-12(3)17-16(15)9-14(13)6-10/h4-9H,3H2,1-2H3. The van der Waals surface area contributed by atoms with Gasteiger partial charge in [-0.05, 0) is 48.4 Å². The van der Waals surface area contributed by atoms with E-state index in [2.05, 4.69) is 50.8 Å². The van der Waals surface area contributed by atoms with E-state index >= 15 is 0 Å². The van der Waals surface area contributed by atoms with E-state index < -0.39 is 0 Å². The van der Waals surface area contributed by atoms with Gasteiger partial charge in [-0.3, -0.25) is 0 Å². The number of aryl methyl sites for hydroxylation is 1. The Morgan fingerprint density at radius 3 is 2.65 bits per heavy atom. The number of ether oxygens (including phenoxy) is 1. The molecule has 0 spiro atoms. The molecule has 1 aliphatic heterocycles. The van der Waals surface area contributed by atoms with Crippen molar-refractivity contribution < 1.29 is 4.74 Å². The highest BCUT2D eigenvalue weighted by Gasteiger charge is 2.13. The van der Waals surface area contributed by atoms with E-state index in [1.165, 1.54) is 21.9 Å². The SMILES string of the molecule is C=C1C=C(C)c2cc3ccc(C)cc3cc2O1. The highest BCUT2D eigenvalue weighted by atomic mass is 16.5. The normalized spacial score (nSPS) is 14.2. The van der Waals surface area contributed by atoms with E-state index in [0.29, 0.717) is 5.76 Å². The summed E-state index contributed by atoms with van der Waals surface area (Å²) in [6.45, 7) is 8.05. The molecule has 0 unspecified atom stereocenters. The second-order valence-electron chi connectivity index (χ2n) is 4.59. The van der Waals surface area contributed by atoms with Crippen LogP contribution in [0.15, 0.2) is 48.7 Å². The maximum absolute atomic E-state index is 5.68. The Morgan fingerprint density at radius 2 is 1.82 bits per heavy atom. The fraction of sp³-hybridized carbons (Fsp3) is 0.125. The third kappa shape index (κ3) is 1.64. The zero-order valence-electron chi connectivity index (χ0n) is 10.1. The molecule has 0 atom stereocenters. The molecule has 0 fully saturated rings. The summed E-state index contributed by atoms with van der Waals surface area (Å²) in [4.78, 5) is 0. The van der Waals surface area contributed by atoms with Crippen molar-refractivity contribution in [2.24, 2.45) is 0 Å². The fourth-order valence-electron chi connectivity index (χ4n) is 2.28. The topological polar surface area (TPSA) is 9.23 Å². The van der Waals surface area contributed by atoms with Gasteiger partial charge in [0.05, 0.1) is 0 Å². The summed E-state index contributed by atoms with van der Waals surface area (Å²) >= 11 is 0. The van der Waals surface area contributed by atoms with Gasteiger partial charge in [0.25, 0.3) is 0 Å². The number of hydrogen-bond acceptors (Lipinski definition) is 1. The number of allylic oxidation sites excluding steroid dienone is 2. The van der Waals surface area contributed by atoms with Crippen LogP contribution < -0.4 is 4.74 Å². The maximum Gasteiger partial charge on any atom is 0.135 e. The molecule has 1 aliphatic rings. The van der Waals surface area contributed by atoms with E-state index in [9.17, 15) is 0 Å². The first-order valence-electron chi connectivity index (χ1n) is 5.73. The van der Waals surface area contributed by atoms with Crippen molar-refractivity contribution >= 4 is 16.3 Å². The van der Waals surface area contributed by atoms with Gasteiger partial charge in [0.1, 0.15) is 11.5 Å². The van der Waals surface area contributed by atoms with Crippen molar-refractivity contribution in [2.45, 2.75) is 13.8 Å². The van der Waals surface area contributed by atoms with Gasteiger partial charge in [-0.1, -0.05) is 30.3 Å². The molecule has 0 saturated heterocycles. The molecule has 84 valence electrons. The van der Waals surface area contributed by atoms with Crippen LogP contribution in [0.1, 0.15) is 18.1 Å². The molecule has 2 aromatic rings. The summed E-state index contributed by atoms with van der Waals surface area (Å²) in [5.74, 6) is 1.62. The predicted molar refractivity (Wildman–Crippen MR) is 72.1 cm³/mol. The van der Waals surface area contributed by atoms with Crippen LogP contribution in [0.3, 0.4) is 0 Å². The first-order valence-corrected chi connectivity index (χ1v) is 5.73. The molecule has 1 nitrogen and oxygen atoms in total. The minimum absolute atomic E-state index is 0.710. The third-order valence-electron chi connectivity index (χ3n) is 3.14. The quantitative estimate of drug-likeness (QED) is 0.639. The number of rotatable bonds is 0. The zero-order valence-corrected chi connectivity index (χ0v) is 10.1. The highest BCUT2D eigenvalue weighted by molar-refractivity contribution is 5.90. The van der Waals surface area contributed by atoms with Crippen LogP contribution in [0.25, 0.3) is 16.3 Å². The second kappa shape index (κ2) is 3.49. The lowest BCUT2D eigenvalue weighted by Gasteiger charge is -2.18. The lowest BCUT2D eigenvalue weighted by molar-refractivity contribution is 0.442. The van der Waals surface area contributed by atoms with Gasteiger partial charge < -0.3 is 4.74 Å². The van der Waals surface area contributed by atoms with E-state index in [1.54, 1.807) is 0 Å². The summed E-state index contributed by atoms with van der Waals surface area (Å²) in [6, 6.07) is 10.7. The summed E-state index contributed by atoms with van der Waals surface area (Å²) in [7, 11) is 0. The summed E-state index contributed by atoms with van der Waals surface area (Å²) in [5, 5.41) is 2.46. The summed E-state index contributed by atoms with van der Waals surface area (Å²) in [5.41, 5.74) is 3.63. The van der Waals surface area contributed by atoms with Crippen LogP contribution in [0.4, 0.5) is 0 Å². The van der Waals surface area contributed by atoms with Crippen LogP contribution in [-0.4, -0.2) is 0 Å². The Bertz CT molecular complexity index is 663. The number of fused-ring (bicyclic) bond motifs is 2. The van der Waals surface area contributed by atoms with Crippen molar-refractivity contribution in [1.82, 2.24) is 0 Å². The Morgan fingerprint density at radius 1 is 1.00 bits per heavy atom. The van der Waals surface area contributed by atoms with Crippen molar-refractivity contribution in [3.05, 3.63) is 59.9 Å². The molecule has 1 heterocycles. The molecular weight excluding hydrogens is 208 g/mol. The average molecular weight is 222 g/mol. The molecule has 17 heavy (non-hydrogen) atoms. The fourth-order valence-corrected chi connectivity index (χ4v) is 2.28. The van der Waals surface area contributed by atoms with E-state index in [4.69, 9.17) is 4.74 Å². The largest absolute Gasteiger partial charge is 0.457 e. The summed E-state index contributed by atoms with van der Waals surface area (Å²) in [6.07, 6.45) is 1.97. The molecule has 0 aliphatic carbocycles. The van der Waals surface area contributed by atoms with Crippen LogP contribution in [0.2, 0.25) is 0 Å². The molecule has 2 aromatic carbocycles. The average Bonchev–Trinajstić information content (AvgIpc) is 2.26. The Labute approximate surface area is 101 Å². The molecule has 0 radical (unpaired) electrons. The van der Waals surface area contributed by atoms with Crippen molar-refractivity contribution in [3.8, 4) is 5.75 Å². The Kier molecular flexibility index (Phi) is 2.08. The van der Waals surface area contributed by atoms with E-state index in [0.717, 1.165) is 11.3 Å². The van der Waals surface area contributed by atoms with Gasteiger partial charge in [0, 0.05) is 5.56 Å². The molecular formula is C16H14O. The minimum Gasteiger partial charge on any atom is -0.457 e. The molecule has 1 heteroatoms. The lowest BCUT2D eigenvalue weighted by atomic mass is 9.98. The molecule has 0 saturated carbocycles. The third-order valence-corrected chi connectivity index (χ3v) is 3.14. The maximum atomic E-state index is 5.68. The van der Waals surface area contributed by atoms with E-state index in [-0.39, 0.29) is 0 Å². The zero-order chi connectivity index (χ0) is 12.0. The first-order chi connectivity index (χ1) is 8.13. The predicted octanol–water partition coefficient (Wildman–Crippen LogP) is 4.46. The van der Waals surface area contributed by atoms with Gasteiger partial charge >= 0.3 is 0 Å². The van der Waals surface area contributed by atoms with Gasteiger partial charge in [-0.25, -0.2) is 0 Å². The Balaban J connectivity index is 2.31. The van der Waals surface area contributed by atoms with Gasteiger partial charge in [0.2, 0.25) is 0 Å². The molecule has 0 N–H and O–H groups in total. The van der Waals surface area contributed by atoms with Crippen LogP contribution in [0.5, 0.6) is 5.75 Å².